The molecule has 0 spiro atoms. The maximum atomic E-state index is 6.16. The highest BCUT2D eigenvalue weighted by molar-refractivity contribution is 5.94. The van der Waals surface area contributed by atoms with E-state index in [0.29, 0.717) is 17.3 Å². The first kappa shape index (κ1) is 18.8. The third-order valence-electron chi connectivity index (χ3n) is 4.92. The number of hydrogen-bond donors (Lipinski definition) is 3. The van der Waals surface area contributed by atoms with Crippen molar-refractivity contribution in [2.45, 2.75) is 19.4 Å². The minimum absolute atomic E-state index is 0.282. The number of nitrogens with zero attached hydrogens (tertiary/aromatic N) is 6. The molecule has 9 heteroatoms. The second-order valence-electron chi connectivity index (χ2n) is 6.78. The van der Waals surface area contributed by atoms with Crippen molar-refractivity contribution in [2.75, 3.05) is 18.1 Å². The minimum Gasteiger partial charge on any atom is -0.383 e. The third kappa shape index (κ3) is 3.72. The normalized spacial score (nSPS) is 12.2. The molecule has 0 fully saturated rings. The van der Waals surface area contributed by atoms with Gasteiger partial charge in [-0.2, -0.15) is 0 Å². The van der Waals surface area contributed by atoms with Gasteiger partial charge in [-0.1, -0.05) is 12.1 Å². The number of rotatable bonds is 6. The molecule has 0 radical (unpaired) electrons. The van der Waals surface area contributed by atoms with Gasteiger partial charge in [-0.05, 0) is 48.7 Å². The van der Waals surface area contributed by atoms with Crippen molar-refractivity contribution < 1.29 is 0 Å². The zero-order chi connectivity index (χ0) is 20.4. The molecule has 4 heterocycles. The highest BCUT2D eigenvalue weighted by Crippen LogP contribution is 2.28. The third-order valence-corrected chi connectivity index (χ3v) is 4.92. The van der Waals surface area contributed by atoms with Crippen LogP contribution in [-0.2, 0) is 7.05 Å². The molecule has 148 valence electrons. The lowest BCUT2D eigenvalue weighted by molar-refractivity contribution is 0.576. The average molecular weight is 389 g/mol. The van der Waals surface area contributed by atoms with Crippen LogP contribution in [-0.4, -0.2) is 37.0 Å². The molecule has 4 aromatic heterocycles. The molecule has 4 N–H and O–H groups in total. The monoisotopic (exact) mass is 389 g/mol. The van der Waals surface area contributed by atoms with E-state index in [4.69, 9.17) is 5.73 Å². The van der Waals surface area contributed by atoms with E-state index in [9.17, 15) is 0 Å². The molecule has 0 aliphatic carbocycles. The summed E-state index contributed by atoms with van der Waals surface area (Å²) in [4.78, 5) is 13.4. The first-order valence-electron chi connectivity index (χ1n) is 9.40. The van der Waals surface area contributed by atoms with Crippen molar-refractivity contribution in [1.82, 2.24) is 35.3 Å². The van der Waals surface area contributed by atoms with Crippen molar-refractivity contribution in [3.05, 3.63) is 48.4 Å². The maximum Gasteiger partial charge on any atom is 0.133 e. The van der Waals surface area contributed by atoms with Crippen molar-refractivity contribution in [1.29, 1.82) is 0 Å². The number of nitrogens with one attached hydrogen (secondary N) is 2. The van der Waals surface area contributed by atoms with Gasteiger partial charge < -0.3 is 16.4 Å². The second kappa shape index (κ2) is 7.80. The van der Waals surface area contributed by atoms with Crippen LogP contribution >= 0.6 is 0 Å². The van der Waals surface area contributed by atoms with E-state index in [1.54, 1.807) is 23.3 Å². The predicted molar refractivity (Wildman–Crippen MR) is 114 cm³/mol. The van der Waals surface area contributed by atoms with E-state index in [1.807, 2.05) is 38.4 Å². The fourth-order valence-corrected chi connectivity index (χ4v) is 3.36. The van der Waals surface area contributed by atoms with Gasteiger partial charge in [0, 0.05) is 30.9 Å². The van der Waals surface area contributed by atoms with Gasteiger partial charge in [0.15, 0.2) is 0 Å². The summed E-state index contributed by atoms with van der Waals surface area (Å²) in [5.74, 6) is 1.83. The first-order chi connectivity index (χ1) is 14.1. The molecule has 4 aromatic rings. The number of nitrogen functional groups attached to an aromatic ring is 1. The Hall–Kier alpha value is -3.59. The molecule has 29 heavy (non-hydrogen) atoms. The molecule has 0 bridgehead atoms. The summed E-state index contributed by atoms with van der Waals surface area (Å²) >= 11 is 0. The van der Waals surface area contributed by atoms with Gasteiger partial charge in [0.2, 0.25) is 0 Å². The van der Waals surface area contributed by atoms with Gasteiger partial charge in [0.1, 0.15) is 23.1 Å². The van der Waals surface area contributed by atoms with E-state index in [-0.39, 0.29) is 6.04 Å². The summed E-state index contributed by atoms with van der Waals surface area (Å²) in [5.41, 5.74) is 8.83. The van der Waals surface area contributed by atoms with Crippen LogP contribution in [0.15, 0.2) is 42.9 Å². The number of aromatic nitrogens is 6. The van der Waals surface area contributed by atoms with Crippen LogP contribution in [0.2, 0.25) is 0 Å². The maximum absolute atomic E-state index is 6.16. The molecule has 0 aliphatic heterocycles. The standard InChI is InChI=1S/C20H23N9/c1-4-15(22-2)12-5-6-23-18(8-12)27-19-9-13-7-16(17-11-25-28-29(17)3)26-20(21)14(13)10-24-19/h5-11,15,22H,4H2,1-3H3,(H2,21,26)(H,23,24,27)/t15-/m0/s1. The Morgan fingerprint density at radius 3 is 2.69 bits per heavy atom. The number of pyridine rings is 3. The predicted octanol–water partition coefficient (Wildman–Crippen LogP) is 2.82. The average Bonchev–Trinajstić information content (AvgIpc) is 3.15. The number of aryl methyl sites for hydroxylation is 1. The van der Waals surface area contributed by atoms with E-state index in [1.165, 1.54) is 5.56 Å². The molecule has 4 rings (SSSR count). The molecule has 1 atom stereocenters. The smallest absolute Gasteiger partial charge is 0.133 e. The van der Waals surface area contributed by atoms with Gasteiger partial charge >= 0.3 is 0 Å². The molecule has 0 saturated heterocycles. The van der Waals surface area contributed by atoms with Gasteiger partial charge in [-0.3, -0.25) is 0 Å². The topological polar surface area (TPSA) is 119 Å². The van der Waals surface area contributed by atoms with Gasteiger partial charge in [0.05, 0.1) is 11.9 Å². The van der Waals surface area contributed by atoms with Crippen molar-refractivity contribution in [3.8, 4) is 11.4 Å². The SMILES string of the molecule is CC[C@H](NC)c1ccnc(Nc2cc3cc(-c4cnnn4C)nc(N)c3cn2)c1. The molecule has 0 aromatic carbocycles. The number of anilines is 3. The Morgan fingerprint density at radius 2 is 1.97 bits per heavy atom. The van der Waals surface area contributed by atoms with Crippen molar-refractivity contribution in [3.63, 3.8) is 0 Å². The summed E-state index contributed by atoms with van der Waals surface area (Å²) in [6.07, 6.45) is 6.17. The van der Waals surface area contributed by atoms with E-state index < -0.39 is 0 Å². The summed E-state index contributed by atoms with van der Waals surface area (Å²) in [5, 5.41) is 16.2. The van der Waals surface area contributed by atoms with Crippen LogP contribution in [0.25, 0.3) is 22.2 Å². The number of nitrogens with two attached hydrogens (primary N) is 1. The fourth-order valence-electron chi connectivity index (χ4n) is 3.36. The quantitative estimate of drug-likeness (QED) is 0.460. The van der Waals surface area contributed by atoms with Crippen molar-refractivity contribution in [2.24, 2.45) is 7.05 Å². The highest BCUT2D eigenvalue weighted by Gasteiger charge is 2.12. The lowest BCUT2D eigenvalue weighted by Crippen LogP contribution is -2.15. The summed E-state index contributed by atoms with van der Waals surface area (Å²) in [6.45, 7) is 2.15. The summed E-state index contributed by atoms with van der Waals surface area (Å²) < 4.78 is 1.66. The lowest BCUT2D eigenvalue weighted by Gasteiger charge is -2.15. The number of fused-ring (bicyclic) bond motifs is 1. The molecular weight excluding hydrogens is 366 g/mol. The Labute approximate surface area is 168 Å². The Balaban J connectivity index is 1.69. The van der Waals surface area contributed by atoms with Crippen molar-refractivity contribution >= 4 is 28.2 Å². The van der Waals surface area contributed by atoms with Crippen LogP contribution in [0.1, 0.15) is 24.9 Å². The first-order valence-corrected chi connectivity index (χ1v) is 9.40. The molecule has 0 unspecified atom stereocenters. The Bertz CT molecular complexity index is 1150. The van der Waals surface area contributed by atoms with Gasteiger partial charge in [-0.15, -0.1) is 5.10 Å². The molecule has 9 nitrogen and oxygen atoms in total. The summed E-state index contributed by atoms with van der Waals surface area (Å²) in [7, 11) is 3.78. The summed E-state index contributed by atoms with van der Waals surface area (Å²) in [6, 6.07) is 8.22. The Morgan fingerprint density at radius 1 is 1.14 bits per heavy atom. The van der Waals surface area contributed by atoms with Crippen LogP contribution in [0.4, 0.5) is 17.5 Å². The molecular formula is C20H23N9. The largest absolute Gasteiger partial charge is 0.383 e. The van der Waals surface area contributed by atoms with Crippen LogP contribution in [0, 0.1) is 0 Å². The van der Waals surface area contributed by atoms with E-state index in [0.717, 1.165) is 28.7 Å². The lowest BCUT2D eigenvalue weighted by atomic mass is 10.1. The fraction of sp³-hybridized carbons (Fsp3) is 0.250. The van der Waals surface area contributed by atoms with Crippen LogP contribution in [0.5, 0.6) is 0 Å². The van der Waals surface area contributed by atoms with Gasteiger partial charge in [-0.25, -0.2) is 19.6 Å². The zero-order valence-corrected chi connectivity index (χ0v) is 16.6. The molecule has 0 saturated carbocycles. The molecule has 0 amide bonds. The minimum atomic E-state index is 0.282. The highest BCUT2D eigenvalue weighted by atomic mass is 15.4. The second-order valence-corrected chi connectivity index (χ2v) is 6.78. The van der Waals surface area contributed by atoms with Crippen LogP contribution in [0.3, 0.4) is 0 Å². The number of hydrogen-bond acceptors (Lipinski definition) is 8. The zero-order valence-electron chi connectivity index (χ0n) is 16.6. The molecule has 0 aliphatic rings. The van der Waals surface area contributed by atoms with E-state index in [2.05, 4.69) is 42.8 Å². The van der Waals surface area contributed by atoms with Crippen LogP contribution < -0.4 is 16.4 Å². The Kier molecular flexibility index (Phi) is 5.05. The van der Waals surface area contributed by atoms with Gasteiger partial charge in [0.25, 0.3) is 0 Å². The van der Waals surface area contributed by atoms with E-state index >= 15 is 0 Å².